The van der Waals surface area contributed by atoms with E-state index in [-0.39, 0.29) is 5.56 Å². The fraction of sp³-hybridized carbons (Fsp3) is 0. The van der Waals surface area contributed by atoms with Crippen molar-refractivity contribution in [1.29, 1.82) is 0 Å². The van der Waals surface area contributed by atoms with Gasteiger partial charge in [0.1, 0.15) is 11.4 Å². The van der Waals surface area contributed by atoms with E-state index in [1.54, 1.807) is 35.0 Å². The summed E-state index contributed by atoms with van der Waals surface area (Å²) < 4.78 is 7.49. The topological polar surface area (TPSA) is 63.8 Å². The zero-order chi connectivity index (χ0) is 13.2. The van der Waals surface area contributed by atoms with Crippen LogP contribution >= 0.6 is 0 Å². The Morgan fingerprint density at radius 1 is 1.21 bits per heavy atom. The average molecular weight is 254 g/mol. The van der Waals surface area contributed by atoms with E-state index in [1.165, 1.54) is 12.1 Å². The van der Waals surface area contributed by atoms with Crippen molar-refractivity contribution >= 4 is 11.6 Å². The first kappa shape index (κ1) is 11.3. The summed E-state index contributed by atoms with van der Waals surface area (Å²) in [6.07, 6.45) is 3.46. The minimum atomic E-state index is -0.980. The van der Waals surface area contributed by atoms with Crippen LogP contribution in [0.25, 0.3) is 5.65 Å². The molecule has 5 nitrogen and oxygen atoms in total. The molecule has 0 amide bonds. The number of aromatic nitrogens is 2. The average Bonchev–Trinajstić information content (AvgIpc) is 2.88. The number of carboxylic acids is 1. The molecule has 1 N–H and O–H groups in total. The van der Waals surface area contributed by atoms with Gasteiger partial charge < -0.3 is 9.84 Å². The summed E-state index contributed by atoms with van der Waals surface area (Å²) in [5.41, 5.74) is 0.960. The highest BCUT2D eigenvalue weighted by atomic mass is 16.5. The fourth-order valence-electron chi connectivity index (χ4n) is 1.82. The van der Waals surface area contributed by atoms with Crippen LogP contribution in [0.15, 0.2) is 54.9 Å². The number of imidazole rings is 1. The van der Waals surface area contributed by atoms with Gasteiger partial charge in [-0.2, -0.15) is 0 Å². The second-order valence-corrected chi connectivity index (χ2v) is 3.95. The summed E-state index contributed by atoms with van der Waals surface area (Å²) in [6.45, 7) is 0. The Morgan fingerprint density at radius 3 is 2.89 bits per heavy atom. The molecule has 2 heterocycles. The van der Waals surface area contributed by atoms with Crippen LogP contribution in [0.4, 0.5) is 0 Å². The Labute approximate surface area is 108 Å². The molecular formula is C14H10N2O3. The number of ether oxygens (including phenoxy) is 1. The quantitative estimate of drug-likeness (QED) is 0.780. The summed E-state index contributed by atoms with van der Waals surface area (Å²) in [4.78, 5) is 15.1. The van der Waals surface area contributed by atoms with Crippen molar-refractivity contribution in [3.05, 3.63) is 60.4 Å². The van der Waals surface area contributed by atoms with E-state index < -0.39 is 5.97 Å². The van der Waals surface area contributed by atoms with Gasteiger partial charge in [-0.1, -0.05) is 12.1 Å². The number of aromatic carboxylic acids is 1. The second-order valence-electron chi connectivity index (χ2n) is 3.95. The van der Waals surface area contributed by atoms with Gasteiger partial charge in [-0.05, 0) is 30.3 Å². The molecule has 0 bridgehead atoms. The molecule has 0 spiro atoms. The molecule has 0 fully saturated rings. The van der Waals surface area contributed by atoms with Crippen molar-refractivity contribution in [2.45, 2.75) is 0 Å². The molecule has 94 valence electrons. The van der Waals surface area contributed by atoms with Crippen LogP contribution in [0, 0.1) is 0 Å². The third kappa shape index (κ3) is 2.13. The molecule has 0 atom stereocenters. The van der Waals surface area contributed by atoms with Crippen LogP contribution < -0.4 is 4.74 Å². The fourth-order valence-corrected chi connectivity index (χ4v) is 1.82. The van der Waals surface area contributed by atoms with Crippen molar-refractivity contribution < 1.29 is 14.6 Å². The zero-order valence-electron chi connectivity index (χ0n) is 9.85. The minimum absolute atomic E-state index is 0.190. The van der Waals surface area contributed by atoms with E-state index in [1.807, 2.05) is 12.1 Å². The summed E-state index contributed by atoms with van der Waals surface area (Å²) in [5, 5.41) is 8.94. The standard InChI is InChI=1S/C14H10N2O3/c17-14(18)10-3-1-4-11(9-10)19-13-6-2-5-12-15-7-8-16(12)13/h1-9H,(H,17,18). The number of carboxylic acid groups (broad SMARTS) is 1. The van der Waals surface area contributed by atoms with Gasteiger partial charge in [-0.25, -0.2) is 9.78 Å². The van der Waals surface area contributed by atoms with E-state index in [0.717, 1.165) is 5.65 Å². The smallest absolute Gasteiger partial charge is 0.335 e. The molecule has 0 aliphatic carbocycles. The van der Waals surface area contributed by atoms with Gasteiger partial charge in [0.15, 0.2) is 0 Å². The number of rotatable bonds is 3. The van der Waals surface area contributed by atoms with E-state index >= 15 is 0 Å². The molecule has 3 rings (SSSR count). The maximum atomic E-state index is 10.9. The zero-order valence-corrected chi connectivity index (χ0v) is 9.85. The molecule has 3 aromatic rings. The third-order valence-corrected chi connectivity index (χ3v) is 2.69. The largest absolute Gasteiger partial charge is 0.478 e. The Bertz CT molecular complexity index is 749. The normalized spacial score (nSPS) is 10.5. The first-order valence-corrected chi connectivity index (χ1v) is 5.67. The first-order chi connectivity index (χ1) is 9.24. The van der Waals surface area contributed by atoms with Gasteiger partial charge in [0.25, 0.3) is 0 Å². The number of benzene rings is 1. The van der Waals surface area contributed by atoms with Crippen LogP contribution in [0.1, 0.15) is 10.4 Å². The van der Waals surface area contributed by atoms with Crippen LogP contribution in [-0.2, 0) is 0 Å². The Kier molecular flexibility index (Phi) is 2.64. The lowest BCUT2D eigenvalue weighted by Crippen LogP contribution is -1.97. The molecule has 19 heavy (non-hydrogen) atoms. The molecule has 0 saturated heterocycles. The SMILES string of the molecule is O=C(O)c1cccc(Oc2cccc3nccn23)c1. The summed E-state index contributed by atoms with van der Waals surface area (Å²) in [7, 11) is 0. The monoisotopic (exact) mass is 254 g/mol. The van der Waals surface area contributed by atoms with Gasteiger partial charge in [-0.3, -0.25) is 4.40 Å². The Morgan fingerprint density at radius 2 is 2.05 bits per heavy atom. The lowest BCUT2D eigenvalue weighted by Gasteiger charge is -2.08. The number of carbonyl (C=O) groups is 1. The van der Waals surface area contributed by atoms with Gasteiger partial charge in [0.05, 0.1) is 5.56 Å². The molecule has 0 radical (unpaired) electrons. The van der Waals surface area contributed by atoms with Gasteiger partial charge in [-0.15, -0.1) is 0 Å². The van der Waals surface area contributed by atoms with Gasteiger partial charge in [0.2, 0.25) is 5.88 Å². The van der Waals surface area contributed by atoms with Gasteiger partial charge in [0, 0.05) is 12.4 Å². The molecule has 0 unspecified atom stereocenters. The highest BCUT2D eigenvalue weighted by Crippen LogP contribution is 2.23. The van der Waals surface area contributed by atoms with Gasteiger partial charge >= 0.3 is 5.97 Å². The van der Waals surface area contributed by atoms with E-state index in [4.69, 9.17) is 9.84 Å². The maximum Gasteiger partial charge on any atom is 0.335 e. The number of fused-ring (bicyclic) bond motifs is 1. The predicted octanol–water partition coefficient (Wildman–Crippen LogP) is 2.82. The van der Waals surface area contributed by atoms with Crippen molar-refractivity contribution in [1.82, 2.24) is 9.38 Å². The molecule has 1 aromatic carbocycles. The number of nitrogens with zero attached hydrogens (tertiary/aromatic N) is 2. The van der Waals surface area contributed by atoms with E-state index in [0.29, 0.717) is 11.6 Å². The lowest BCUT2D eigenvalue weighted by atomic mass is 10.2. The van der Waals surface area contributed by atoms with Crippen LogP contribution in [0.5, 0.6) is 11.6 Å². The van der Waals surface area contributed by atoms with E-state index in [2.05, 4.69) is 4.98 Å². The van der Waals surface area contributed by atoms with Crippen molar-refractivity contribution in [3.63, 3.8) is 0 Å². The highest BCUT2D eigenvalue weighted by molar-refractivity contribution is 5.88. The Hall–Kier alpha value is -2.82. The molecule has 5 heteroatoms. The summed E-state index contributed by atoms with van der Waals surface area (Å²) in [5.74, 6) is 0.0740. The Balaban J connectivity index is 1.99. The van der Waals surface area contributed by atoms with Crippen molar-refractivity contribution in [2.24, 2.45) is 0 Å². The number of hydrogen-bond donors (Lipinski definition) is 1. The van der Waals surface area contributed by atoms with Crippen LogP contribution in [0.2, 0.25) is 0 Å². The molecule has 0 aliphatic rings. The van der Waals surface area contributed by atoms with Crippen LogP contribution in [0.3, 0.4) is 0 Å². The number of pyridine rings is 1. The summed E-state index contributed by atoms with van der Waals surface area (Å²) in [6, 6.07) is 11.8. The van der Waals surface area contributed by atoms with Crippen LogP contribution in [-0.4, -0.2) is 20.5 Å². The van der Waals surface area contributed by atoms with Crippen molar-refractivity contribution in [3.8, 4) is 11.6 Å². The molecular weight excluding hydrogens is 244 g/mol. The maximum absolute atomic E-state index is 10.9. The molecule has 2 aromatic heterocycles. The molecule has 0 aliphatic heterocycles. The van der Waals surface area contributed by atoms with E-state index in [9.17, 15) is 4.79 Å². The summed E-state index contributed by atoms with van der Waals surface area (Å²) >= 11 is 0. The minimum Gasteiger partial charge on any atom is -0.478 e. The predicted molar refractivity (Wildman–Crippen MR) is 68.7 cm³/mol. The number of hydrogen-bond acceptors (Lipinski definition) is 3. The molecule has 0 saturated carbocycles. The lowest BCUT2D eigenvalue weighted by molar-refractivity contribution is 0.0696. The second kappa shape index (κ2) is 4.45. The third-order valence-electron chi connectivity index (χ3n) is 2.69. The van der Waals surface area contributed by atoms with Crippen molar-refractivity contribution in [2.75, 3.05) is 0 Å². The highest BCUT2D eigenvalue weighted by Gasteiger charge is 2.06. The first-order valence-electron chi connectivity index (χ1n) is 5.67.